The van der Waals surface area contributed by atoms with Crippen molar-refractivity contribution in [2.45, 2.75) is 26.2 Å². The zero-order valence-corrected chi connectivity index (χ0v) is 7.21. The van der Waals surface area contributed by atoms with Crippen LogP contribution in [0.4, 0.5) is 4.70 Å². The minimum absolute atomic E-state index is 0. The molecule has 0 fully saturated rings. The summed E-state index contributed by atoms with van der Waals surface area (Å²) in [5.74, 6) is 0. The molecule has 0 aliphatic carbocycles. The summed E-state index contributed by atoms with van der Waals surface area (Å²) in [5.41, 5.74) is 1.45. The van der Waals surface area contributed by atoms with E-state index in [0.717, 1.165) is 0 Å². The molecule has 0 aliphatic heterocycles. The van der Waals surface area contributed by atoms with Crippen molar-refractivity contribution in [1.82, 2.24) is 4.57 Å². The van der Waals surface area contributed by atoms with Gasteiger partial charge in [-0.15, -0.1) is 0 Å². The van der Waals surface area contributed by atoms with Gasteiger partial charge in [0, 0.05) is 18.9 Å². The van der Waals surface area contributed by atoms with Gasteiger partial charge >= 0.3 is 0 Å². The molecule has 0 aliphatic rings. The summed E-state index contributed by atoms with van der Waals surface area (Å²) >= 11 is 0. The molecular formula is C9H16FN. The fourth-order valence-corrected chi connectivity index (χ4v) is 1.11. The summed E-state index contributed by atoms with van der Waals surface area (Å²) in [6.45, 7) is 2.23. The Morgan fingerprint density at radius 2 is 2.18 bits per heavy atom. The minimum Gasteiger partial charge on any atom is -0.354 e. The highest BCUT2D eigenvalue weighted by Gasteiger charge is 1.93. The highest BCUT2D eigenvalue weighted by atomic mass is 19.0. The van der Waals surface area contributed by atoms with Gasteiger partial charge in [0.05, 0.1) is 0 Å². The SMILES string of the molecule is CCCCc1cccn1C.F. The van der Waals surface area contributed by atoms with Crippen LogP contribution in [0.15, 0.2) is 18.3 Å². The second kappa shape index (κ2) is 4.94. The first kappa shape index (κ1) is 10.2. The number of nitrogens with zero attached hydrogens (tertiary/aromatic N) is 1. The topological polar surface area (TPSA) is 4.93 Å². The van der Waals surface area contributed by atoms with Gasteiger partial charge in [0.15, 0.2) is 0 Å². The van der Waals surface area contributed by atoms with Gasteiger partial charge in [-0.3, -0.25) is 4.70 Å². The van der Waals surface area contributed by atoms with Crippen molar-refractivity contribution >= 4 is 0 Å². The van der Waals surface area contributed by atoms with Crippen LogP contribution < -0.4 is 0 Å². The fraction of sp³-hybridized carbons (Fsp3) is 0.556. The van der Waals surface area contributed by atoms with Crippen molar-refractivity contribution in [2.75, 3.05) is 0 Å². The summed E-state index contributed by atoms with van der Waals surface area (Å²) in [7, 11) is 2.10. The summed E-state index contributed by atoms with van der Waals surface area (Å²) in [5, 5.41) is 0. The van der Waals surface area contributed by atoms with Crippen LogP contribution in [0.25, 0.3) is 0 Å². The molecule has 0 aromatic carbocycles. The van der Waals surface area contributed by atoms with Crippen LogP contribution in [0.5, 0.6) is 0 Å². The molecule has 0 amide bonds. The van der Waals surface area contributed by atoms with Gasteiger partial charge in [0.25, 0.3) is 0 Å². The second-order valence-corrected chi connectivity index (χ2v) is 2.71. The number of unbranched alkanes of at least 4 members (excludes halogenated alkanes) is 1. The van der Waals surface area contributed by atoms with E-state index in [0.29, 0.717) is 0 Å². The van der Waals surface area contributed by atoms with Gasteiger partial charge in [0.2, 0.25) is 0 Å². The Morgan fingerprint density at radius 1 is 1.45 bits per heavy atom. The lowest BCUT2D eigenvalue weighted by Crippen LogP contribution is -1.93. The Kier molecular flexibility index (Phi) is 4.59. The lowest BCUT2D eigenvalue weighted by atomic mass is 10.2. The number of halogens is 1. The van der Waals surface area contributed by atoms with Crippen molar-refractivity contribution in [3.63, 3.8) is 0 Å². The molecule has 1 nitrogen and oxygen atoms in total. The summed E-state index contributed by atoms with van der Waals surface area (Å²) < 4.78 is 2.19. The predicted molar refractivity (Wildman–Crippen MR) is 46.5 cm³/mol. The second-order valence-electron chi connectivity index (χ2n) is 2.71. The molecule has 1 rings (SSSR count). The first-order valence-electron chi connectivity index (χ1n) is 3.95. The number of rotatable bonds is 3. The molecule has 64 valence electrons. The molecule has 1 heterocycles. The first-order chi connectivity index (χ1) is 4.84. The molecule has 0 N–H and O–H groups in total. The average molecular weight is 157 g/mol. The average Bonchev–Trinajstić information content (AvgIpc) is 2.31. The van der Waals surface area contributed by atoms with Crippen LogP contribution in [0.2, 0.25) is 0 Å². The molecule has 0 radical (unpaired) electrons. The number of hydrogen-bond donors (Lipinski definition) is 0. The van der Waals surface area contributed by atoms with Gasteiger partial charge in [-0.1, -0.05) is 13.3 Å². The Hall–Kier alpha value is -0.790. The lowest BCUT2D eigenvalue weighted by Gasteiger charge is -1.99. The van der Waals surface area contributed by atoms with E-state index in [9.17, 15) is 0 Å². The largest absolute Gasteiger partial charge is 0.354 e. The maximum absolute atomic E-state index is 2.23. The Labute approximate surface area is 67.4 Å². The normalized spacial score (nSPS) is 9.27. The van der Waals surface area contributed by atoms with Gasteiger partial charge in [0.1, 0.15) is 0 Å². The van der Waals surface area contributed by atoms with Crippen molar-refractivity contribution in [1.29, 1.82) is 0 Å². The van der Waals surface area contributed by atoms with Gasteiger partial charge in [-0.25, -0.2) is 0 Å². The van der Waals surface area contributed by atoms with Gasteiger partial charge in [-0.2, -0.15) is 0 Å². The van der Waals surface area contributed by atoms with E-state index in [1.165, 1.54) is 25.0 Å². The predicted octanol–water partition coefficient (Wildman–Crippen LogP) is 2.52. The summed E-state index contributed by atoms with van der Waals surface area (Å²) in [4.78, 5) is 0. The van der Waals surface area contributed by atoms with Crippen LogP contribution >= 0.6 is 0 Å². The van der Waals surface area contributed by atoms with E-state index >= 15 is 0 Å². The van der Waals surface area contributed by atoms with Crippen molar-refractivity contribution in [2.24, 2.45) is 7.05 Å². The molecule has 2 heteroatoms. The lowest BCUT2D eigenvalue weighted by molar-refractivity contribution is 0.733. The molecular weight excluding hydrogens is 141 g/mol. The first-order valence-corrected chi connectivity index (χ1v) is 3.95. The number of hydrogen-bond acceptors (Lipinski definition) is 0. The maximum Gasteiger partial charge on any atom is 0.0171 e. The third-order valence-corrected chi connectivity index (χ3v) is 1.84. The van der Waals surface area contributed by atoms with Crippen LogP contribution in [0, 0.1) is 0 Å². The van der Waals surface area contributed by atoms with Crippen LogP contribution in [0.3, 0.4) is 0 Å². The molecule has 1 aromatic rings. The zero-order valence-electron chi connectivity index (χ0n) is 7.21. The molecule has 0 saturated carbocycles. The van der Waals surface area contributed by atoms with Crippen LogP contribution in [-0.2, 0) is 13.5 Å². The third-order valence-electron chi connectivity index (χ3n) is 1.84. The number of aryl methyl sites for hydroxylation is 2. The van der Waals surface area contributed by atoms with Gasteiger partial charge in [-0.05, 0) is 25.0 Å². The smallest absolute Gasteiger partial charge is 0.0171 e. The van der Waals surface area contributed by atoms with Crippen molar-refractivity contribution < 1.29 is 4.70 Å². The standard InChI is InChI=1S/C9H15N.FH/c1-3-4-6-9-7-5-8-10(9)2;/h5,7-8H,3-4,6H2,1-2H3;1H. The Bertz CT molecular complexity index is 193. The highest BCUT2D eigenvalue weighted by Crippen LogP contribution is 2.04. The van der Waals surface area contributed by atoms with Gasteiger partial charge < -0.3 is 4.57 Å². The summed E-state index contributed by atoms with van der Waals surface area (Å²) in [6, 6.07) is 4.29. The highest BCUT2D eigenvalue weighted by molar-refractivity contribution is 5.06. The molecule has 11 heavy (non-hydrogen) atoms. The third kappa shape index (κ3) is 2.74. The minimum atomic E-state index is 0. The molecule has 1 aromatic heterocycles. The molecule has 0 unspecified atom stereocenters. The zero-order chi connectivity index (χ0) is 7.40. The maximum atomic E-state index is 2.23. The molecule has 0 saturated heterocycles. The summed E-state index contributed by atoms with van der Waals surface area (Å²) in [6.07, 6.45) is 5.91. The Morgan fingerprint density at radius 3 is 2.64 bits per heavy atom. The molecule has 0 atom stereocenters. The van der Waals surface area contributed by atoms with E-state index in [-0.39, 0.29) is 4.70 Å². The van der Waals surface area contributed by atoms with Crippen molar-refractivity contribution in [3.8, 4) is 0 Å². The van der Waals surface area contributed by atoms with E-state index in [1.807, 2.05) is 0 Å². The quantitative estimate of drug-likeness (QED) is 0.635. The van der Waals surface area contributed by atoms with Crippen molar-refractivity contribution in [3.05, 3.63) is 24.0 Å². The Balaban J connectivity index is 0.000001000. The molecule has 0 bridgehead atoms. The van der Waals surface area contributed by atoms with Crippen LogP contribution in [0.1, 0.15) is 25.5 Å². The van der Waals surface area contributed by atoms with E-state index in [4.69, 9.17) is 0 Å². The molecule has 0 spiro atoms. The monoisotopic (exact) mass is 157 g/mol. The number of aromatic nitrogens is 1. The van der Waals surface area contributed by atoms with E-state index in [2.05, 4.69) is 36.9 Å². The van der Waals surface area contributed by atoms with Crippen LogP contribution in [-0.4, -0.2) is 4.57 Å². The fourth-order valence-electron chi connectivity index (χ4n) is 1.11. The van der Waals surface area contributed by atoms with E-state index < -0.39 is 0 Å². The van der Waals surface area contributed by atoms with E-state index in [1.54, 1.807) is 0 Å².